The van der Waals surface area contributed by atoms with Crippen LogP contribution in [0.15, 0.2) is 71.2 Å². The number of aromatic amines is 1. The summed E-state index contributed by atoms with van der Waals surface area (Å²) < 4.78 is 5.91. The first-order chi connectivity index (χ1) is 13.1. The SMILES string of the molecule is COc1ccc(Br)c(C(=O)Nc2cccc(-c3nc4ccccc4[nH]3)c2)c1. The molecule has 2 N–H and O–H groups in total. The highest BCUT2D eigenvalue weighted by atomic mass is 79.9. The van der Waals surface area contributed by atoms with Crippen LogP contribution < -0.4 is 10.1 Å². The molecule has 0 unspecified atom stereocenters. The number of nitrogens with one attached hydrogen (secondary N) is 2. The lowest BCUT2D eigenvalue weighted by molar-refractivity contribution is 0.102. The standard InChI is InChI=1S/C21H16BrN3O2/c1-27-15-9-10-17(22)16(12-15)21(26)23-14-6-4-5-13(11-14)20-24-18-7-2-3-8-19(18)25-20/h2-12H,1H3,(H,23,26)(H,24,25). The number of amides is 1. The number of hydrogen-bond acceptors (Lipinski definition) is 3. The maximum Gasteiger partial charge on any atom is 0.256 e. The van der Waals surface area contributed by atoms with Crippen molar-refractivity contribution in [3.05, 3.63) is 76.8 Å². The molecule has 0 aliphatic heterocycles. The van der Waals surface area contributed by atoms with Crippen molar-refractivity contribution in [2.75, 3.05) is 12.4 Å². The van der Waals surface area contributed by atoms with Gasteiger partial charge in [-0.3, -0.25) is 4.79 Å². The molecule has 4 rings (SSSR count). The minimum atomic E-state index is -0.220. The van der Waals surface area contributed by atoms with Crippen molar-refractivity contribution in [3.63, 3.8) is 0 Å². The Balaban J connectivity index is 1.62. The van der Waals surface area contributed by atoms with Gasteiger partial charge in [0.2, 0.25) is 0 Å². The Morgan fingerprint density at radius 3 is 2.74 bits per heavy atom. The van der Waals surface area contributed by atoms with Crippen LogP contribution in [-0.4, -0.2) is 23.0 Å². The molecule has 0 fully saturated rings. The Bertz CT molecular complexity index is 1100. The molecule has 1 amide bonds. The molecule has 0 saturated heterocycles. The van der Waals surface area contributed by atoms with E-state index in [0.717, 1.165) is 22.4 Å². The van der Waals surface area contributed by atoms with E-state index in [1.807, 2.05) is 48.5 Å². The van der Waals surface area contributed by atoms with Gasteiger partial charge in [0, 0.05) is 15.7 Å². The fourth-order valence-corrected chi connectivity index (χ4v) is 3.26. The molecule has 1 aromatic heterocycles. The fourth-order valence-electron chi connectivity index (χ4n) is 2.84. The third-order valence-corrected chi connectivity index (χ3v) is 4.89. The number of aromatic nitrogens is 2. The van der Waals surface area contributed by atoms with Gasteiger partial charge in [-0.1, -0.05) is 24.3 Å². The van der Waals surface area contributed by atoms with E-state index in [1.165, 1.54) is 0 Å². The first kappa shape index (κ1) is 17.3. The second-order valence-electron chi connectivity index (χ2n) is 5.98. The van der Waals surface area contributed by atoms with Gasteiger partial charge in [0.1, 0.15) is 11.6 Å². The molecule has 0 spiro atoms. The summed E-state index contributed by atoms with van der Waals surface area (Å²) in [6, 6.07) is 20.7. The van der Waals surface area contributed by atoms with Crippen LogP contribution in [0.1, 0.15) is 10.4 Å². The normalized spacial score (nSPS) is 10.7. The number of H-pyrrole nitrogens is 1. The van der Waals surface area contributed by atoms with Crippen LogP contribution in [0, 0.1) is 0 Å². The Labute approximate surface area is 164 Å². The number of nitrogens with zero attached hydrogens (tertiary/aromatic N) is 1. The van der Waals surface area contributed by atoms with Gasteiger partial charge in [0.05, 0.1) is 23.7 Å². The van der Waals surface area contributed by atoms with Crippen molar-refractivity contribution in [1.82, 2.24) is 9.97 Å². The van der Waals surface area contributed by atoms with Crippen LogP contribution >= 0.6 is 15.9 Å². The third-order valence-electron chi connectivity index (χ3n) is 4.20. The van der Waals surface area contributed by atoms with Crippen molar-refractivity contribution in [1.29, 1.82) is 0 Å². The van der Waals surface area contributed by atoms with E-state index >= 15 is 0 Å². The molecule has 27 heavy (non-hydrogen) atoms. The van der Waals surface area contributed by atoms with Crippen molar-refractivity contribution in [2.24, 2.45) is 0 Å². The average Bonchev–Trinajstić information content (AvgIpc) is 3.13. The second-order valence-corrected chi connectivity index (χ2v) is 6.84. The molecular formula is C21H16BrN3O2. The van der Waals surface area contributed by atoms with Gasteiger partial charge < -0.3 is 15.0 Å². The molecule has 0 aliphatic rings. The summed E-state index contributed by atoms with van der Waals surface area (Å²) in [6.07, 6.45) is 0. The van der Waals surface area contributed by atoms with Gasteiger partial charge in [0.25, 0.3) is 5.91 Å². The number of hydrogen-bond donors (Lipinski definition) is 2. The maximum absolute atomic E-state index is 12.7. The van der Waals surface area contributed by atoms with Gasteiger partial charge in [-0.15, -0.1) is 0 Å². The van der Waals surface area contributed by atoms with E-state index < -0.39 is 0 Å². The number of anilines is 1. The average molecular weight is 422 g/mol. The molecule has 3 aromatic carbocycles. The molecule has 0 aliphatic carbocycles. The number of ether oxygens (including phenoxy) is 1. The predicted octanol–water partition coefficient (Wildman–Crippen LogP) is 5.25. The number of methoxy groups -OCH3 is 1. The zero-order valence-electron chi connectivity index (χ0n) is 14.5. The minimum absolute atomic E-state index is 0.220. The first-order valence-electron chi connectivity index (χ1n) is 8.34. The summed E-state index contributed by atoms with van der Waals surface area (Å²) in [5.41, 5.74) is 3.97. The van der Waals surface area contributed by atoms with Crippen molar-refractivity contribution in [3.8, 4) is 17.1 Å². The highest BCUT2D eigenvalue weighted by Crippen LogP contribution is 2.26. The molecule has 0 saturated carbocycles. The van der Waals surface area contributed by atoms with Gasteiger partial charge in [-0.25, -0.2) is 4.98 Å². The number of imidazole rings is 1. The molecule has 0 radical (unpaired) electrons. The van der Waals surface area contributed by atoms with Gasteiger partial charge in [0.15, 0.2) is 0 Å². The quantitative estimate of drug-likeness (QED) is 0.472. The van der Waals surface area contributed by atoms with E-state index in [9.17, 15) is 4.79 Å². The molecule has 6 heteroatoms. The second kappa shape index (κ2) is 7.25. The summed E-state index contributed by atoms with van der Waals surface area (Å²) in [7, 11) is 1.57. The Hall–Kier alpha value is -3.12. The molecule has 0 atom stereocenters. The summed E-state index contributed by atoms with van der Waals surface area (Å²) in [5, 5.41) is 2.93. The zero-order valence-corrected chi connectivity index (χ0v) is 16.1. The number of carbonyl (C=O) groups is 1. The molecule has 134 valence electrons. The molecule has 1 heterocycles. The highest BCUT2D eigenvalue weighted by molar-refractivity contribution is 9.10. The van der Waals surface area contributed by atoms with Crippen LogP contribution in [0.25, 0.3) is 22.4 Å². The van der Waals surface area contributed by atoms with Crippen molar-refractivity contribution in [2.45, 2.75) is 0 Å². The largest absolute Gasteiger partial charge is 0.497 e. The monoisotopic (exact) mass is 421 g/mol. The van der Waals surface area contributed by atoms with Gasteiger partial charge in [-0.05, 0) is 58.4 Å². The number of rotatable bonds is 4. The van der Waals surface area contributed by atoms with E-state index in [4.69, 9.17) is 4.74 Å². The smallest absolute Gasteiger partial charge is 0.256 e. The minimum Gasteiger partial charge on any atom is -0.497 e. The van der Waals surface area contributed by atoms with Crippen LogP contribution in [0.3, 0.4) is 0 Å². The van der Waals surface area contributed by atoms with E-state index in [2.05, 4.69) is 31.2 Å². The fraction of sp³-hybridized carbons (Fsp3) is 0.0476. The Kier molecular flexibility index (Phi) is 4.64. The highest BCUT2D eigenvalue weighted by Gasteiger charge is 2.13. The third kappa shape index (κ3) is 3.57. The maximum atomic E-state index is 12.7. The van der Waals surface area contributed by atoms with Crippen LogP contribution in [0.2, 0.25) is 0 Å². The zero-order chi connectivity index (χ0) is 18.8. The summed E-state index contributed by atoms with van der Waals surface area (Å²) in [4.78, 5) is 20.6. The van der Waals surface area contributed by atoms with Crippen LogP contribution in [0.4, 0.5) is 5.69 Å². The summed E-state index contributed by atoms with van der Waals surface area (Å²) >= 11 is 3.41. The first-order valence-corrected chi connectivity index (χ1v) is 9.13. The Morgan fingerprint density at radius 2 is 1.93 bits per heavy atom. The molecule has 4 aromatic rings. The van der Waals surface area contributed by atoms with Crippen LogP contribution in [-0.2, 0) is 0 Å². The van der Waals surface area contributed by atoms with Gasteiger partial charge >= 0.3 is 0 Å². The number of halogens is 1. The van der Waals surface area contributed by atoms with Crippen molar-refractivity contribution >= 4 is 38.6 Å². The molecule has 0 bridgehead atoms. The topological polar surface area (TPSA) is 67.0 Å². The molecule has 5 nitrogen and oxygen atoms in total. The van der Waals surface area contributed by atoms with Gasteiger partial charge in [-0.2, -0.15) is 0 Å². The van der Waals surface area contributed by atoms with E-state index in [0.29, 0.717) is 21.5 Å². The lowest BCUT2D eigenvalue weighted by Gasteiger charge is -2.09. The number of carbonyl (C=O) groups excluding carboxylic acids is 1. The summed E-state index contributed by atoms with van der Waals surface area (Å²) in [5.74, 6) is 1.16. The van der Waals surface area contributed by atoms with E-state index in [-0.39, 0.29) is 5.91 Å². The molecular weight excluding hydrogens is 406 g/mol. The lowest BCUT2D eigenvalue weighted by atomic mass is 10.1. The summed E-state index contributed by atoms with van der Waals surface area (Å²) in [6.45, 7) is 0. The van der Waals surface area contributed by atoms with Crippen LogP contribution in [0.5, 0.6) is 5.75 Å². The van der Waals surface area contributed by atoms with Crippen molar-refractivity contribution < 1.29 is 9.53 Å². The number of benzene rings is 3. The Morgan fingerprint density at radius 1 is 1.07 bits per heavy atom. The van der Waals surface area contributed by atoms with E-state index in [1.54, 1.807) is 25.3 Å². The lowest BCUT2D eigenvalue weighted by Crippen LogP contribution is -2.12. The predicted molar refractivity (Wildman–Crippen MR) is 110 cm³/mol. The number of para-hydroxylation sites is 2. The number of fused-ring (bicyclic) bond motifs is 1.